The highest BCUT2D eigenvalue weighted by Crippen LogP contribution is 2.06. The molecule has 7 heteroatoms. The molecule has 0 unspecified atom stereocenters. The van der Waals surface area contributed by atoms with Crippen LogP contribution in [0.3, 0.4) is 0 Å². The first-order valence-corrected chi connectivity index (χ1v) is 7.72. The number of nitrogens with two attached hydrogens (primary N) is 1. The van der Waals surface area contributed by atoms with Crippen molar-refractivity contribution >= 4 is 23.4 Å². The lowest BCUT2D eigenvalue weighted by molar-refractivity contribution is -0.117. The molecule has 1 aromatic heterocycles. The molecule has 0 fully saturated rings. The van der Waals surface area contributed by atoms with E-state index in [2.05, 4.69) is 5.32 Å². The van der Waals surface area contributed by atoms with Gasteiger partial charge in [-0.15, -0.1) is 0 Å². The van der Waals surface area contributed by atoms with Crippen LogP contribution in [0.2, 0.25) is 0 Å². The van der Waals surface area contributed by atoms with Gasteiger partial charge in [0.25, 0.3) is 5.56 Å². The molecule has 0 radical (unpaired) electrons. The van der Waals surface area contributed by atoms with E-state index in [1.165, 1.54) is 10.6 Å². The molecular formula is C13H21N3O3S. The van der Waals surface area contributed by atoms with Gasteiger partial charge in [0, 0.05) is 25.9 Å². The first kappa shape index (κ1) is 16.7. The number of aromatic nitrogens is 1. The first-order valence-electron chi connectivity index (χ1n) is 6.33. The van der Waals surface area contributed by atoms with Gasteiger partial charge in [-0.3, -0.25) is 9.59 Å². The van der Waals surface area contributed by atoms with Gasteiger partial charge in [-0.2, -0.15) is 11.8 Å². The van der Waals surface area contributed by atoms with Crippen LogP contribution in [-0.4, -0.2) is 42.2 Å². The maximum absolute atomic E-state index is 11.9. The minimum atomic E-state index is -0.540. The van der Waals surface area contributed by atoms with E-state index in [9.17, 15) is 9.59 Å². The maximum atomic E-state index is 11.9. The summed E-state index contributed by atoms with van der Waals surface area (Å²) >= 11 is 1.65. The zero-order valence-corrected chi connectivity index (χ0v) is 12.6. The average Bonchev–Trinajstić information content (AvgIpc) is 2.45. The molecule has 0 aliphatic carbocycles. The summed E-state index contributed by atoms with van der Waals surface area (Å²) in [5.41, 5.74) is 6.21. The van der Waals surface area contributed by atoms with Gasteiger partial charge >= 0.3 is 0 Å². The van der Waals surface area contributed by atoms with Crippen molar-refractivity contribution in [1.29, 1.82) is 0 Å². The molecule has 0 saturated heterocycles. The highest BCUT2D eigenvalue weighted by molar-refractivity contribution is 7.98. The predicted molar refractivity (Wildman–Crippen MR) is 82.2 cm³/mol. The zero-order chi connectivity index (χ0) is 15.0. The zero-order valence-electron chi connectivity index (χ0n) is 11.8. The lowest BCUT2D eigenvalue weighted by Gasteiger charge is -2.13. The number of thioether (sulfide) groups is 1. The second-order valence-electron chi connectivity index (χ2n) is 4.32. The monoisotopic (exact) mass is 299 g/mol. The average molecular weight is 299 g/mol. The number of rotatable bonds is 8. The molecule has 20 heavy (non-hydrogen) atoms. The van der Waals surface area contributed by atoms with Gasteiger partial charge in [0.05, 0.1) is 18.3 Å². The van der Waals surface area contributed by atoms with Crippen LogP contribution in [0.1, 0.15) is 6.42 Å². The Bertz CT molecular complexity index is 490. The Kier molecular flexibility index (Phi) is 7.35. The smallest absolute Gasteiger partial charge is 0.250 e. The minimum absolute atomic E-state index is 0.133. The highest BCUT2D eigenvalue weighted by atomic mass is 32.2. The molecular weight excluding hydrogens is 278 g/mol. The van der Waals surface area contributed by atoms with Gasteiger partial charge in [-0.1, -0.05) is 0 Å². The SMILES string of the molecule is COCCn1cc(NC(=O)[C@@H](N)CCSC)ccc1=O. The standard InChI is InChI=1S/C13H21N3O3S/c1-19-7-6-16-9-10(3-4-12(16)17)15-13(18)11(14)5-8-20-2/h3-4,9,11H,5-8,14H2,1-2H3,(H,15,18)/t11-/m0/s1. The molecule has 6 nitrogen and oxygen atoms in total. The highest BCUT2D eigenvalue weighted by Gasteiger charge is 2.13. The number of carbonyl (C=O) groups is 1. The topological polar surface area (TPSA) is 86.3 Å². The summed E-state index contributed by atoms with van der Waals surface area (Å²) in [4.78, 5) is 23.5. The summed E-state index contributed by atoms with van der Waals surface area (Å²) < 4.78 is 6.43. The van der Waals surface area contributed by atoms with Crippen LogP contribution in [0.4, 0.5) is 5.69 Å². The molecule has 0 aliphatic rings. The fourth-order valence-corrected chi connectivity index (χ4v) is 2.07. The number of pyridine rings is 1. The third kappa shape index (κ3) is 5.36. The summed E-state index contributed by atoms with van der Waals surface area (Å²) in [6, 6.07) is 2.45. The van der Waals surface area contributed by atoms with Gasteiger partial charge < -0.3 is 20.4 Å². The second kappa shape index (κ2) is 8.78. The van der Waals surface area contributed by atoms with E-state index in [1.54, 1.807) is 31.1 Å². The molecule has 0 aliphatic heterocycles. The van der Waals surface area contributed by atoms with Gasteiger partial charge in [0.2, 0.25) is 5.91 Å². The Hall–Kier alpha value is -1.31. The van der Waals surface area contributed by atoms with Crippen LogP contribution in [0.15, 0.2) is 23.1 Å². The van der Waals surface area contributed by atoms with Crippen molar-refractivity contribution in [3.63, 3.8) is 0 Å². The van der Waals surface area contributed by atoms with E-state index in [4.69, 9.17) is 10.5 Å². The number of methoxy groups -OCH3 is 1. The third-order valence-corrected chi connectivity index (χ3v) is 3.40. The summed E-state index contributed by atoms with van der Waals surface area (Å²) in [6.45, 7) is 0.877. The van der Waals surface area contributed by atoms with Crippen molar-refractivity contribution in [1.82, 2.24) is 4.57 Å². The van der Waals surface area contributed by atoms with Gasteiger partial charge in [0.1, 0.15) is 0 Å². The van der Waals surface area contributed by atoms with Crippen molar-refractivity contribution in [2.75, 3.05) is 31.0 Å². The number of nitrogens with zero attached hydrogens (tertiary/aromatic N) is 1. The second-order valence-corrected chi connectivity index (χ2v) is 5.31. The molecule has 112 valence electrons. The van der Waals surface area contributed by atoms with Crippen LogP contribution in [0.25, 0.3) is 0 Å². The van der Waals surface area contributed by atoms with E-state index >= 15 is 0 Å². The summed E-state index contributed by atoms with van der Waals surface area (Å²) in [6.07, 6.45) is 4.19. The van der Waals surface area contributed by atoms with Crippen LogP contribution >= 0.6 is 11.8 Å². The number of carbonyl (C=O) groups excluding carboxylic acids is 1. The first-order chi connectivity index (χ1) is 9.58. The number of nitrogens with one attached hydrogen (secondary N) is 1. The molecule has 1 heterocycles. The molecule has 1 rings (SSSR count). The van der Waals surface area contributed by atoms with Crippen molar-refractivity contribution in [3.05, 3.63) is 28.7 Å². The summed E-state index contributed by atoms with van der Waals surface area (Å²) in [7, 11) is 1.57. The molecule has 0 spiro atoms. The largest absolute Gasteiger partial charge is 0.383 e. The lowest BCUT2D eigenvalue weighted by Crippen LogP contribution is -2.36. The van der Waals surface area contributed by atoms with E-state index < -0.39 is 6.04 Å². The van der Waals surface area contributed by atoms with E-state index in [0.717, 1.165) is 5.75 Å². The van der Waals surface area contributed by atoms with Crippen molar-refractivity contribution in [3.8, 4) is 0 Å². The van der Waals surface area contributed by atoms with Crippen LogP contribution in [0.5, 0.6) is 0 Å². The number of ether oxygens (including phenoxy) is 1. The lowest BCUT2D eigenvalue weighted by atomic mass is 10.2. The quantitative estimate of drug-likeness (QED) is 0.730. The Balaban J connectivity index is 2.67. The summed E-state index contributed by atoms with van der Waals surface area (Å²) in [5, 5.41) is 2.72. The van der Waals surface area contributed by atoms with Gasteiger partial charge in [-0.05, 0) is 24.5 Å². The number of hydrogen-bond acceptors (Lipinski definition) is 5. The Labute approximate surface area is 122 Å². The Morgan fingerprint density at radius 3 is 2.95 bits per heavy atom. The molecule has 1 amide bonds. The number of amides is 1. The maximum Gasteiger partial charge on any atom is 0.250 e. The van der Waals surface area contributed by atoms with Crippen LogP contribution < -0.4 is 16.6 Å². The molecule has 0 bridgehead atoms. The molecule has 1 atom stereocenters. The minimum Gasteiger partial charge on any atom is -0.383 e. The van der Waals surface area contributed by atoms with E-state index in [-0.39, 0.29) is 11.5 Å². The van der Waals surface area contributed by atoms with Crippen LogP contribution in [-0.2, 0) is 16.1 Å². The van der Waals surface area contributed by atoms with E-state index in [1.807, 2.05) is 6.26 Å². The van der Waals surface area contributed by atoms with Crippen molar-refractivity contribution in [2.45, 2.75) is 19.0 Å². The number of anilines is 1. The fourth-order valence-electron chi connectivity index (χ4n) is 1.58. The fraction of sp³-hybridized carbons (Fsp3) is 0.538. The van der Waals surface area contributed by atoms with Crippen molar-refractivity contribution < 1.29 is 9.53 Å². The number of hydrogen-bond donors (Lipinski definition) is 2. The normalized spacial score (nSPS) is 12.2. The Morgan fingerprint density at radius 2 is 2.30 bits per heavy atom. The molecule has 0 saturated carbocycles. The molecule has 0 aromatic carbocycles. The van der Waals surface area contributed by atoms with Gasteiger partial charge in [0.15, 0.2) is 0 Å². The van der Waals surface area contributed by atoms with E-state index in [0.29, 0.717) is 25.3 Å². The van der Waals surface area contributed by atoms with Gasteiger partial charge in [-0.25, -0.2) is 0 Å². The molecule has 3 N–H and O–H groups in total. The van der Waals surface area contributed by atoms with Crippen LogP contribution in [0, 0.1) is 0 Å². The summed E-state index contributed by atoms with van der Waals surface area (Å²) in [5.74, 6) is 0.595. The Morgan fingerprint density at radius 1 is 1.55 bits per heavy atom. The van der Waals surface area contributed by atoms with Crippen molar-refractivity contribution in [2.24, 2.45) is 5.73 Å². The molecule has 1 aromatic rings. The predicted octanol–water partition coefficient (Wildman–Crippen LogP) is 0.514. The third-order valence-electron chi connectivity index (χ3n) is 2.76.